The van der Waals surface area contributed by atoms with E-state index in [4.69, 9.17) is 11.6 Å². The van der Waals surface area contributed by atoms with E-state index in [1.165, 1.54) is 12.1 Å². The first-order valence-corrected chi connectivity index (χ1v) is 11.9. The summed E-state index contributed by atoms with van der Waals surface area (Å²) >= 11 is 6.22. The van der Waals surface area contributed by atoms with E-state index in [1.807, 2.05) is 52.9 Å². The minimum absolute atomic E-state index is 0.00862. The summed E-state index contributed by atoms with van der Waals surface area (Å²) in [6.45, 7) is 5.33. The van der Waals surface area contributed by atoms with E-state index in [-0.39, 0.29) is 17.8 Å². The highest BCUT2D eigenvalue weighted by Gasteiger charge is 2.31. The maximum absolute atomic E-state index is 13.5. The molecule has 1 amide bonds. The standard InChI is InChI=1S/C27H25ClFN5O/c1-3-23(18-5-4-6-20(28)13-18)34-12-11-33-16-19(14-24(33)26(34)35)25-17(2)15-30-27(32-25)31-22-9-7-21(29)8-10-22/h4-10,13-16,23H,3,11-12H2,1-2H3,(H,30,31,32)/t23-/m1/s1. The predicted octanol–water partition coefficient (Wildman–Crippen LogP) is 6.40. The van der Waals surface area contributed by atoms with Crippen LogP contribution in [0, 0.1) is 12.7 Å². The fourth-order valence-electron chi connectivity index (χ4n) is 4.57. The van der Waals surface area contributed by atoms with Crippen LogP contribution in [0.3, 0.4) is 0 Å². The summed E-state index contributed by atoms with van der Waals surface area (Å²) in [5.74, 6) is 0.0897. The van der Waals surface area contributed by atoms with Crippen LogP contribution >= 0.6 is 11.6 Å². The van der Waals surface area contributed by atoms with Crippen molar-refractivity contribution in [3.8, 4) is 11.3 Å². The van der Waals surface area contributed by atoms with Crippen LogP contribution in [-0.2, 0) is 6.54 Å². The van der Waals surface area contributed by atoms with Gasteiger partial charge in [0.15, 0.2) is 0 Å². The van der Waals surface area contributed by atoms with Crippen molar-refractivity contribution in [2.24, 2.45) is 0 Å². The van der Waals surface area contributed by atoms with Crippen molar-refractivity contribution in [2.45, 2.75) is 32.9 Å². The van der Waals surface area contributed by atoms with E-state index < -0.39 is 0 Å². The minimum atomic E-state index is -0.306. The molecule has 0 radical (unpaired) electrons. The summed E-state index contributed by atoms with van der Waals surface area (Å²) in [7, 11) is 0. The van der Waals surface area contributed by atoms with Crippen LogP contribution in [0.25, 0.3) is 11.3 Å². The number of hydrogen-bond donors (Lipinski definition) is 1. The second kappa shape index (κ2) is 9.50. The van der Waals surface area contributed by atoms with Gasteiger partial charge in [0.05, 0.1) is 11.7 Å². The molecule has 6 nitrogen and oxygen atoms in total. The summed E-state index contributed by atoms with van der Waals surface area (Å²) in [6, 6.07) is 15.6. The molecule has 5 rings (SSSR count). The van der Waals surface area contributed by atoms with E-state index in [9.17, 15) is 9.18 Å². The van der Waals surface area contributed by atoms with Crippen LogP contribution in [0.1, 0.15) is 41.0 Å². The van der Waals surface area contributed by atoms with Crippen molar-refractivity contribution < 1.29 is 9.18 Å². The average Bonchev–Trinajstić information content (AvgIpc) is 3.29. The summed E-state index contributed by atoms with van der Waals surface area (Å²) in [5, 5.41) is 3.78. The van der Waals surface area contributed by atoms with Crippen LogP contribution in [-0.4, -0.2) is 31.9 Å². The lowest BCUT2D eigenvalue weighted by Gasteiger charge is -2.35. The molecule has 178 valence electrons. The van der Waals surface area contributed by atoms with Crippen LogP contribution < -0.4 is 5.32 Å². The fraction of sp³-hybridized carbons (Fsp3) is 0.222. The predicted molar refractivity (Wildman–Crippen MR) is 135 cm³/mol. The third-order valence-corrected chi connectivity index (χ3v) is 6.54. The Balaban J connectivity index is 1.43. The molecule has 8 heteroatoms. The van der Waals surface area contributed by atoms with Crippen molar-refractivity contribution in [1.29, 1.82) is 0 Å². The average molecular weight is 490 g/mol. The number of aromatic nitrogens is 3. The molecule has 0 unspecified atom stereocenters. The van der Waals surface area contributed by atoms with Gasteiger partial charge in [0, 0.05) is 41.8 Å². The molecule has 0 aliphatic carbocycles. The smallest absolute Gasteiger partial charge is 0.271 e. The molecular formula is C27H25ClFN5O. The molecule has 1 aliphatic heterocycles. The molecular weight excluding hydrogens is 465 g/mol. The van der Waals surface area contributed by atoms with Gasteiger partial charge in [-0.1, -0.05) is 30.7 Å². The second-order valence-corrected chi connectivity index (χ2v) is 9.08. The van der Waals surface area contributed by atoms with E-state index >= 15 is 0 Å². The number of rotatable bonds is 6. The number of carbonyl (C=O) groups excluding carboxylic acids is 1. The molecule has 1 atom stereocenters. The molecule has 0 fully saturated rings. The highest BCUT2D eigenvalue weighted by Crippen LogP contribution is 2.32. The first-order chi connectivity index (χ1) is 16.9. The quantitative estimate of drug-likeness (QED) is 0.340. The molecule has 0 spiro atoms. The normalized spacial score (nSPS) is 14.1. The second-order valence-electron chi connectivity index (χ2n) is 8.64. The van der Waals surface area contributed by atoms with Crippen molar-refractivity contribution in [3.63, 3.8) is 0 Å². The van der Waals surface area contributed by atoms with E-state index in [0.29, 0.717) is 35.4 Å². The molecule has 2 aromatic carbocycles. The largest absolute Gasteiger partial charge is 0.341 e. The van der Waals surface area contributed by atoms with E-state index in [1.54, 1.807) is 18.3 Å². The maximum atomic E-state index is 13.5. The third kappa shape index (κ3) is 4.64. The van der Waals surface area contributed by atoms with Gasteiger partial charge in [0.25, 0.3) is 5.91 Å². The maximum Gasteiger partial charge on any atom is 0.271 e. The van der Waals surface area contributed by atoms with Crippen molar-refractivity contribution in [1.82, 2.24) is 19.4 Å². The monoisotopic (exact) mass is 489 g/mol. The molecule has 3 heterocycles. The molecule has 4 aromatic rings. The van der Waals surface area contributed by atoms with Gasteiger partial charge in [0.1, 0.15) is 11.5 Å². The van der Waals surface area contributed by atoms with Crippen molar-refractivity contribution in [3.05, 3.63) is 94.7 Å². The number of amides is 1. The number of carbonyl (C=O) groups is 1. The zero-order valence-corrected chi connectivity index (χ0v) is 20.3. The molecule has 0 saturated carbocycles. The van der Waals surface area contributed by atoms with Gasteiger partial charge in [-0.3, -0.25) is 4.79 Å². The zero-order chi connectivity index (χ0) is 24.5. The number of anilines is 2. The highest BCUT2D eigenvalue weighted by molar-refractivity contribution is 6.30. The number of hydrogen-bond acceptors (Lipinski definition) is 4. The van der Waals surface area contributed by atoms with Gasteiger partial charge in [0.2, 0.25) is 5.95 Å². The molecule has 35 heavy (non-hydrogen) atoms. The van der Waals surface area contributed by atoms with Gasteiger partial charge in [-0.05, 0) is 66.9 Å². The Kier molecular flexibility index (Phi) is 6.26. The zero-order valence-electron chi connectivity index (χ0n) is 19.5. The van der Waals surface area contributed by atoms with Crippen LogP contribution in [0.2, 0.25) is 5.02 Å². The number of nitrogens with one attached hydrogen (secondary N) is 1. The lowest BCUT2D eigenvalue weighted by atomic mass is 10.0. The van der Waals surface area contributed by atoms with Crippen LogP contribution in [0.4, 0.5) is 16.0 Å². The summed E-state index contributed by atoms with van der Waals surface area (Å²) < 4.78 is 15.2. The number of nitrogens with zero attached hydrogens (tertiary/aromatic N) is 4. The number of fused-ring (bicyclic) bond motifs is 1. The van der Waals surface area contributed by atoms with Gasteiger partial charge >= 0.3 is 0 Å². The Bertz CT molecular complexity index is 1380. The van der Waals surface area contributed by atoms with Gasteiger partial charge < -0.3 is 14.8 Å². The Labute approximate surface area is 208 Å². The van der Waals surface area contributed by atoms with Crippen molar-refractivity contribution in [2.75, 3.05) is 11.9 Å². The first-order valence-electron chi connectivity index (χ1n) is 11.6. The van der Waals surface area contributed by atoms with Crippen LogP contribution in [0.15, 0.2) is 67.0 Å². The van der Waals surface area contributed by atoms with Crippen LogP contribution in [0.5, 0.6) is 0 Å². The lowest BCUT2D eigenvalue weighted by molar-refractivity contribution is 0.0610. The lowest BCUT2D eigenvalue weighted by Crippen LogP contribution is -2.42. The first kappa shape index (κ1) is 23.1. The highest BCUT2D eigenvalue weighted by atomic mass is 35.5. The molecule has 1 N–H and O–H groups in total. The van der Waals surface area contributed by atoms with Crippen molar-refractivity contribution >= 4 is 29.1 Å². The molecule has 0 bridgehead atoms. The summed E-state index contributed by atoms with van der Waals surface area (Å²) in [4.78, 5) is 24.5. The number of aryl methyl sites for hydroxylation is 1. The van der Waals surface area contributed by atoms with Gasteiger partial charge in [-0.25, -0.2) is 14.4 Å². The Hall–Kier alpha value is -3.71. The Morgan fingerprint density at radius 3 is 2.69 bits per heavy atom. The van der Waals surface area contributed by atoms with Gasteiger partial charge in [-0.15, -0.1) is 0 Å². The SMILES string of the molecule is CC[C@H](c1cccc(Cl)c1)N1CCn2cc(-c3nc(Nc4ccc(F)cc4)ncc3C)cc2C1=O. The summed E-state index contributed by atoms with van der Waals surface area (Å²) in [5.41, 5.74) is 4.86. The van der Waals surface area contributed by atoms with Gasteiger partial charge in [-0.2, -0.15) is 0 Å². The van der Waals surface area contributed by atoms with E-state index in [0.717, 1.165) is 28.8 Å². The Morgan fingerprint density at radius 2 is 1.94 bits per heavy atom. The third-order valence-electron chi connectivity index (χ3n) is 6.30. The summed E-state index contributed by atoms with van der Waals surface area (Å²) in [6.07, 6.45) is 4.51. The Morgan fingerprint density at radius 1 is 1.14 bits per heavy atom. The molecule has 2 aromatic heterocycles. The fourth-order valence-corrected chi connectivity index (χ4v) is 4.77. The minimum Gasteiger partial charge on any atom is -0.341 e. The molecule has 0 saturated heterocycles. The van der Waals surface area contributed by atoms with E-state index in [2.05, 4.69) is 22.2 Å². The number of benzene rings is 2. The topological polar surface area (TPSA) is 63.1 Å². The number of halogens is 2. The molecule has 1 aliphatic rings.